The van der Waals surface area contributed by atoms with Crippen LogP contribution in [0, 0.1) is 11.3 Å². The van der Waals surface area contributed by atoms with Crippen LogP contribution in [0.5, 0.6) is 0 Å². The molecule has 3 heteroatoms. The standard InChI is InChI=1S/C16H30N2O/c1-13(14-8-4-5-9-14)18-15(19)16(12-17)10-6-2-3-7-11-16/h13-14H,2-12,17H2,1H3,(H,18,19)/t13-/m1/s1. The van der Waals surface area contributed by atoms with Crippen molar-refractivity contribution >= 4 is 5.91 Å². The summed E-state index contributed by atoms with van der Waals surface area (Å²) in [6.45, 7) is 2.69. The van der Waals surface area contributed by atoms with Crippen LogP contribution in [0.25, 0.3) is 0 Å². The Bertz CT molecular complexity index is 289. The Kier molecular flexibility index (Phi) is 5.26. The van der Waals surface area contributed by atoms with Gasteiger partial charge in [0.05, 0.1) is 5.41 Å². The van der Waals surface area contributed by atoms with Crippen LogP contribution in [0.3, 0.4) is 0 Å². The van der Waals surface area contributed by atoms with Gasteiger partial charge in [0.2, 0.25) is 5.91 Å². The van der Waals surface area contributed by atoms with Gasteiger partial charge in [-0.25, -0.2) is 0 Å². The third-order valence-electron chi connectivity index (χ3n) is 5.40. The first-order valence-electron chi connectivity index (χ1n) is 8.19. The summed E-state index contributed by atoms with van der Waals surface area (Å²) in [5.74, 6) is 0.917. The number of rotatable bonds is 4. The minimum absolute atomic E-state index is 0.233. The first-order valence-corrected chi connectivity index (χ1v) is 8.19. The summed E-state index contributed by atoms with van der Waals surface area (Å²) in [4.78, 5) is 12.7. The lowest BCUT2D eigenvalue weighted by Crippen LogP contribution is -2.49. The van der Waals surface area contributed by atoms with Gasteiger partial charge in [-0.05, 0) is 38.5 Å². The van der Waals surface area contributed by atoms with E-state index in [0.29, 0.717) is 18.5 Å². The molecule has 0 aromatic carbocycles. The molecule has 2 rings (SSSR count). The van der Waals surface area contributed by atoms with E-state index in [1.807, 2.05) is 0 Å². The molecule has 0 aromatic rings. The molecule has 0 radical (unpaired) electrons. The lowest BCUT2D eigenvalue weighted by atomic mass is 9.79. The van der Waals surface area contributed by atoms with Gasteiger partial charge in [0.15, 0.2) is 0 Å². The summed E-state index contributed by atoms with van der Waals surface area (Å²) in [7, 11) is 0. The van der Waals surface area contributed by atoms with E-state index in [1.54, 1.807) is 0 Å². The van der Waals surface area contributed by atoms with Gasteiger partial charge >= 0.3 is 0 Å². The number of hydrogen-bond acceptors (Lipinski definition) is 2. The highest BCUT2D eigenvalue weighted by Gasteiger charge is 2.38. The zero-order chi connectivity index (χ0) is 13.7. The van der Waals surface area contributed by atoms with Crippen molar-refractivity contribution in [1.29, 1.82) is 0 Å². The summed E-state index contributed by atoms with van der Waals surface area (Å²) < 4.78 is 0. The van der Waals surface area contributed by atoms with Crippen LogP contribution in [0.4, 0.5) is 0 Å². The van der Waals surface area contributed by atoms with E-state index in [9.17, 15) is 4.79 Å². The summed E-state index contributed by atoms with van der Waals surface area (Å²) >= 11 is 0. The quantitative estimate of drug-likeness (QED) is 0.769. The molecule has 2 saturated carbocycles. The molecule has 3 nitrogen and oxygen atoms in total. The second-order valence-corrected chi connectivity index (χ2v) is 6.71. The summed E-state index contributed by atoms with van der Waals surface area (Å²) in [5, 5.41) is 3.29. The Morgan fingerprint density at radius 3 is 2.26 bits per heavy atom. The van der Waals surface area contributed by atoms with Crippen molar-refractivity contribution in [3.05, 3.63) is 0 Å². The fourth-order valence-corrected chi connectivity index (χ4v) is 3.86. The maximum absolute atomic E-state index is 12.7. The smallest absolute Gasteiger partial charge is 0.227 e. The molecular weight excluding hydrogens is 236 g/mol. The van der Waals surface area contributed by atoms with E-state index >= 15 is 0 Å². The van der Waals surface area contributed by atoms with Crippen LogP contribution in [0.15, 0.2) is 0 Å². The van der Waals surface area contributed by atoms with Gasteiger partial charge in [0.1, 0.15) is 0 Å². The molecule has 0 saturated heterocycles. The van der Waals surface area contributed by atoms with E-state index in [0.717, 1.165) is 25.7 Å². The average Bonchev–Trinajstić information content (AvgIpc) is 2.84. The molecule has 0 bridgehead atoms. The molecule has 0 unspecified atom stereocenters. The third kappa shape index (κ3) is 3.50. The number of hydrogen-bond donors (Lipinski definition) is 2. The van der Waals surface area contributed by atoms with Crippen LogP contribution in [-0.2, 0) is 4.79 Å². The van der Waals surface area contributed by atoms with Crippen molar-refractivity contribution in [3.63, 3.8) is 0 Å². The fourth-order valence-electron chi connectivity index (χ4n) is 3.86. The van der Waals surface area contributed by atoms with Crippen LogP contribution >= 0.6 is 0 Å². The Hall–Kier alpha value is -0.570. The number of nitrogens with two attached hydrogens (primary N) is 1. The van der Waals surface area contributed by atoms with Crippen LogP contribution < -0.4 is 11.1 Å². The van der Waals surface area contributed by atoms with E-state index in [4.69, 9.17) is 5.73 Å². The van der Waals surface area contributed by atoms with Gasteiger partial charge in [-0.3, -0.25) is 4.79 Å². The van der Waals surface area contributed by atoms with Gasteiger partial charge < -0.3 is 11.1 Å². The molecule has 110 valence electrons. The second-order valence-electron chi connectivity index (χ2n) is 6.71. The number of nitrogens with one attached hydrogen (secondary N) is 1. The topological polar surface area (TPSA) is 55.1 Å². The van der Waals surface area contributed by atoms with Gasteiger partial charge in [0, 0.05) is 12.6 Å². The lowest BCUT2D eigenvalue weighted by molar-refractivity contribution is -0.132. The molecule has 0 aliphatic heterocycles. The Morgan fingerprint density at radius 2 is 1.74 bits per heavy atom. The molecule has 2 aliphatic rings. The van der Waals surface area contributed by atoms with E-state index in [2.05, 4.69) is 12.2 Å². The first kappa shape index (κ1) is 14.8. The predicted molar refractivity (Wildman–Crippen MR) is 78.8 cm³/mol. The van der Waals surface area contributed by atoms with Crippen molar-refractivity contribution in [2.45, 2.75) is 77.2 Å². The average molecular weight is 266 g/mol. The molecule has 1 atom stereocenters. The molecule has 2 aliphatic carbocycles. The van der Waals surface area contributed by atoms with Crippen molar-refractivity contribution in [3.8, 4) is 0 Å². The first-order chi connectivity index (χ1) is 9.18. The number of carbonyl (C=O) groups is 1. The highest BCUT2D eigenvalue weighted by atomic mass is 16.2. The lowest BCUT2D eigenvalue weighted by Gasteiger charge is -2.32. The molecule has 3 N–H and O–H groups in total. The minimum Gasteiger partial charge on any atom is -0.353 e. The van der Waals surface area contributed by atoms with Crippen molar-refractivity contribution in [2.24, 2.45) is 17.1 Å². The zero-order valence-electron chi connectivity index (χ0n) is 12.4. The van der Waals surface area contributed by atoms with Crippen molar-refractivity contribution < 1.29 is 4.79 Å². The van der Waals surface area contributed by atoms with Crippen LogP contribution in [0.1, 0.15) is 71.1 Å². The van der Waals surface area contributed by atoms with Crippen molar-refractivity contribution in [1.82, 2.24) is 5.32 Å². The second kappa shape index (κ2) is 6.74. The van der Waals surface area contributed by atoms with Gasteiger partial charge in [-0.15, -0.1) is 0 Å². The minimum atomic E-state index is -0.274. The predicted octanol–water partition coefficient (Wildman–Crippen LogP) is 2.98. The van der Waals surface area contributed by atoms with Gasteiger partial charge in [-0.1, -0.05) is 38.5 Å². The van der Waals surface area contributed by atoms with Crippen LogP contribution in [0.2, 0.25) is 0 Å². The Labute approximate surface area is 117 Å². The fraction of sp³-hybridized carbons (Fsp3) is 0.938. The van der Waals surface area contributed by atoms with Gasteiger partial charge in [0.25, 0.3) is 0 Å². The zero-order valence-corrected chi connectivity index (χ0v) is 12.4. The van der Waals surface area contributed by atoms with E-state index in [-0.39, 0.29) is 11.3 Å². The van der Waals surface area contributed by atoms with Crippen molar-refractivity contribution in [2.75, 3.05) is 6.54 Å². The molecular formula is C16H30N2O. The Balaban J connectivity index is 1.95. The van der Waals surface area contributed by atoms with Crippen LogP contribution in [-0.4, -0.2) is 18.5 Å². The normalized spacial score (nSPS) is 25.8. The number of carbonyl (C=O) groups excluding carboxylic acids is 1. The maximum Gasteiger partial charge on any atom is 0.227 e. The monoisotopic (exact) mass is 266 g/mol. The molecule has 0 spiro atoms. The molecule has 2 fully saturated rings. The summed E-state index contributed by atoms with van der Waals surface area (Å²) in [5.41, 5.74) is 5.70. The highest BCUT2D eigenvalue weighted by Crippen LogP contribution is 2.35. The van der Waals surface area contributed by atoms with Gasteiger partial charge in [-0.2, -0.15) is 0 Å². The summed E-state index contributed by atoms with van der Waals surface area (Å²) in [6, 6.07) is 0.321. The maximum atomic E-state index is 12.7. The van der Waals surface area contributed by atoms with E-state index in [1.165, 1.54) is 38.5 Å². The SMILES string of the molecule is C[C@@H](NC(=O)C1(CN)CCCCCC1)C1CCCC1. The highest BCUT2D eigenvalue weighted by molar-refractivity contribution is 5.83. The summed E-state index contributed by atoms with van der Waals surface area (Å²) in [6.07, 6.45) is 12.0. The molecule has 0 heterocycles. The molecule has 1 amide bonds. The Morgan fingerprint density at radius 1 is 1.16 bits per heavy atom. The number of amides is 1. The van der Waals surface area contributed by atoms with E-state index < -0.39 is 0 Å². The molecule has 0 aromatic heterocycles. The largest absolute Gasteiger partial charge is 0.353 e. The molecule has 19 heavy (non-hydrogen) atoms. The third-order valence-corrected chi connectivity index (χ3v) is 5.40.